The van der Waals surface area contributed by atoms with Gasteiger partial charge in [0.15, 0.2) is 0 Å². The van der Waals surface area contributed by atoms with Crippen molar-refractivity contribution in [1.82, 2.24) is 10.6 Å². The summed E-state index contributed by atoms with van der Waals surface area (Å²) in [6.45, 7) is 0.182. The summed E-state index contributed by atoms with van der Waals surface area (Å²) in [5, 5.41) is 15.1. The van der Waals surface area contributed by atoms with Gasteiger partial charge < -0.3 is 15.7 Å². The average Bonchev–Trinajstić information content (AvgIpc) is 2.77. The van der Waals surface area contributed by atoms with Crippen LogP contribution < -0.4 is 10.6 Å². The quantitative estimate of drug-likeness (QED) is 0.690. The first-order valence-electron chi connectivity index (χ1n) is 10.0. The zero-order chi connectivity index (χ0) is 19.8. The fraction of sp³-hybridized carbons (Fsp3) is 0.391. The van der Waals surface area contributed by atoms with Crippen molar-refractivity contribution in [2.24, 2.45) is 5.92 Å². The second-order valence-electron chi connectivity index (χ2n) is 7.40. The second kappa shape index (κ2) is 10.0. The first kappa shape index (κ1) is 20.1. The molecule has 5 heteroatoms. The number of amides is 2. The molecule has 3 rings (SSSR count). The monoisotopic (exact) mass is 380 g/mol. The molecule has 0 spiro atoms. The van der Waals surface area contributed by atoms with Gasteiger partial charge in [0.2, 0.25) is 5.91 Å². The molecule has 28 heavy (non-hydrogen) atoms. The molecule has 0 saturated heterocycles. The third kappa shape index (κ3) is 5.42. The predicted molar refractivity (Wildman–Crippen MR) is 110 cm³/mol. The van der Waals surface area contributed by atoms with E-state index in [0.717, 1.165) is 24.0 Å². The molecule has 0 aliphatic heterocycles. The summed E-state index contributed by atoms with van der Waals surface area (Å²) >= 11 is 0. The highest BCUT2D eigenvalue weighted by Gasteiger charge is 2.22. The molecular weight excluding hydrogens is 352 g/mol. The Bertz CT molecular complexity index is 768. The Morgan fingerprint density at radius 2 is 1.57 bits per heavy atom. The number of hydrogen-bond donors (Lipinski definition) is 3. The van der Waals surface area contributed by atoms with Crippen LogP contribution in [-0.4, -0.2) is 36.1 Å². The summed E-state index contributed by atoms with van der Waals surface area (Å²) in [7, 11) is 0. The molecule has 0 aromatic heterocycles. The molecule has 5 nitrogen and oxygen atoms in total. The van der Waals surface area contributed by atoms with E-state index in [-0.39, 0.29) is 11.8 Å². The number of rotatable bonds is 7. The van der Waals surface area contributed by atoms with Gasteiger partial charge >= 0.3 is 0 Å². The highest BCUT2D eigenvalue weighted by molar-refractivity contribution is 5.97. The summed E-state index contributed by atoms with van der Waals surface area (Å²) in [6, 6.07) is 16.2. The van der Waals surface area contributed by atoms with E-state index in [1.54, 1.807) is 12.1 Å². The average molecular weight is 380 g/mol. The van der Waals surface area contributed by atoms with Gasteiger partial charge in [-0.3, -0.25) is 9.59 Å². The van der Waals surface area contributed by atoms with Crippen LogP contribution in [0, 0.1) is 5.92 Å². The first-order valence-corrected chi connectivity index (χ1v) is 10.0. The third-order valence-electron chi connectivity index (χ3n) is 5.35. The van der Waals surface area contributed by atoms with E-state index in [0.29, 0.717) is 18.0 Å². The van der Waals surface area contributed by atoms with Gasteiger partial charge in [-0.15, -0.1) is 0 Å². The Morgan fingerprint density at radius 1 is 0.929 bits per heavy atom. The molecule has 1 atom stereocenters. The van der Waals surface area contributed by atoms with Gasteiger partial charge in [0, 0.05) is 12.1 Å². The van der Waals surface area contributed by atoms with Crippen LogP contribution in [0.25, 0.3) is 11.1 Å². The van der Waals surface area contributed by atoms with E-state index in [9.17, 15) is 14.7 Å². The lowest BCUT2D eigenvalue weighted by atomic mass is 9.89. The summed E-state index contributed by atoms with van der Waals surface area (Å²) in [4.78, 5) is 24.8. The highest BCUT2D eigenvalue weighted by atomic mass is 16.3. The van der Waals surface area contributed by atoms with Crippen LogP contribution in [0.4, 0.5) is 0 Å². The lowest BCUT2D eigenvalue weighted by Gasteiger charge is -2.23. The van der Waals surface area contributed by atoms with Crippen molar-refractivity contribution in [3.05, 3.63) is 60.2 Å². The molecule has 0 heterocycles. The maximum Gasteiger partial charge on any atom is 0.251 e. The van der Waals surface area contributed by atoms with Crippen molar-refractivity contribution in [2.75, 3.05) is 13.2 Å². The van der Waals surface area contributed by atoms with Crippen LogP contribution in [0.15, 0.2) is 54.6 Å². The van der Waals surface area contributed by atoms with E-state index in [1.165, 1.54) is 19.3 Å². The highest BCUT2D eigenvalue weighted by Crippen LogP contribution is 2.22. The molecule has 3 N–H and O–H groups in total. The lowest BCUT2D eigenvalue weighted by molar-refractivity contribution is -0.124. The van der Waals surface area contributed by atoms with Crippen molar-refractivity contribution in [3.8, 4) is 11.1 Å². The Kier molecular flexibility index (Phi) is 7.20. The molecule has 1 fully saturated rings. The summed E-state index contributed by atoms with van der Waals surface area (Å²) < 4.78 is 0. The van der Waals surface area contributed by atoms with Crippen molar-refractivity contribution in [1.29, 1.82) is 0 Å². The number of benzene rings is 2. The largest absolute Gasteiger partial charge is 0.394 e. The predicted octanol–water partition coefficient (Wildman–Crippen LogP) is 3.14. The minimum Gasteiger partial charge on any atom is -0.394 e. The molecule has 1 aliphatic carbocycles. The van der Waals surface area contributed by atoms with E-state index in [4.69, 9.17) is 0 Å². The van der Waals surface area contributed by atoms with Crippen LogP contribution in [0.5, 0.6) is 0 Å². The van der Waals surface area contributed by atoms with E-state index >= 15 is 0 Å². The number of aliphatic hydroxyl groups excluding tert-OH is 1. The van der Waals surface area contributed by atoms with Crippen LogP contribution >= 0.6 is 0 Å². The lowest BCUT2D eigenvalue weighted by Crippen LogP contribution is -2.49. The Morgan fingerprint density at radius 3 is 2.21 bits per heavy atom. The molecule has 1 saturated carbocycles. The molecular formula is C23H28N2O3. The number of hydrogen-bond acceptors (Lipinski definition) is 3. The number of nitrogens with one attached hydrogen (secondary N) is 2. The number of carbonyl (C=O) groups is 2. The van der Waals surface area contributed by atoms with Crippen LogP contribution in [-0.2, 0) is 4.79 Å². The Hall–Kier alpha value is -2.66. The van der Waals surface area contributed by atoms with Gasteiger partial charge in [-0.1, -0.05) is 61.7 Å². The van der Waals surface area contributed by atoms with Crippen molar-refractivity contribution in [3.63, 3.8) is 0 Å². The molecule has 0 bridgehead atoms. The summed E-state index contributed by atoms with van der Waals surface area (Å²) in [5.74, 6) is -0.202. The maximum absolute atomic E-state index is 12.5. The van der Waals surface area contributed by atoms with Crippen LogP contribution in [0.3, 0.4) is 0 Å². The van der Waals surface area contributed by atoms with Gasteiger partial charge in [0.05, 0.1) is 6.61 Å². The molecule has 2 aromatic carbocycles. The number of aliphatic hydroxyl groups is 1. The number of carbonyl (C=O) groups excluding carboxylic acids is 2. The topological polar surface area (TPSA) is 78.4 Å². The van der Waals surface area contributed by atoms with Gasteiger partial charge in [0.1, 0.15) is 6.04 Å². The van der Waals surface area contributed by atoms with Gasteiger partial charge in [-0.2, -0.15) is 0 Å². The van der Waals surface area contributed by atoms with Gasteiger partial charge in [-0.05, 0) is 42.0 Å². The molecule has 2 amide bonds. The fourth-order valence-electron chi connectivity index (χ4n) is 3.64. The molecule has 1 unspecified atom stereocenters. The Labute approximate surface area is 166 Å². The summed E-state index contributed by atoms with van der Waals surface area (Å²) in [6.07, 6.45) is 5.94. The molecule has 0 radical (unpaired) electrons. The zero-order valence-corrected chi connectivity index (χ0v) is 16.1. The smallest absolute Gasteiger partial charge is 0.251 e. The fourth-order valence-corrected chi connectivity index (χ4v) is 3.64. The van der Waals surface area contributed by atoms with Crippen LogP contribution in [0.1, 0.15) is 42.5 Å². The summed E-state index contributed by atoms with van der Waals surface area (Å²) in [5.41, 5.74) is 2.55. The third-order valence-corrected chi connectivity index (χ3v) is 5.35. The van der Waals surface area contributed by atoms with Crippen molar-refractivity contribution >= 4 is 11.8 Å². The SMILES string of the molecule is O=C(NC(CO)C(=O)NCC1CCCCC1)c1ccc(-c2ccccc2)cc1. The molecule has 2 aromatic rings. The molecule has 1 aliphatic rings. The van der Waals surface area contributed by atoms with Crippen molar-refractivity contribution in [2.45, 2.75) is 38.1 Å². The van der Waals surface area contributed by atoms with E-state index in [2.05, 4.69) is 10.6 Å². The van der Waals surface area contributed by atoms with Crippen LogP contribution in [0.2, 0.25) is 0 Å². The minimum absolute atomic E-state index is 0.331. The first-order chi connectivity index (χ1) is 13.7. The molecule has 148 valence electrons. The van der Waals surface area contributed by atoms with Gasteiger partial charge in [0.25, 0.3) is 5.91 Å². The maximum atomic E-state index is 12.5. The van der Waals surface area contributed by atoms with Crippen molar-refractivity contribution < 1.29 is 14.7 Å². The normalized spacial score (nSPS) is 15.6. The zero-order valence-electron chi connectivity index (χ0n) is 16.1. The van der Waals surface area contributed by atoms with E-state index in [1.807, 2.05) is 42.5 Å². The van der Waals surface area contributed by atoms with E-state index < -0.39 is 12.6 Å². The minimum atomic E-state index is -0.940. The standard InChI is InChI=1S/C23H28N2O3/c26-16-21(23(28)24-15-17-7-3-1-4-8-17)25-22(27)20-13-11-19(12-14-20)18-9-5-2-6-10-18/h2,5-6,9-14,17,21,26H,1,3-4,7-8,15-16H2,(H,24,28)(H,25,27). The Balaban J connectivity index is 1.54. The second-order valence-corrected chi connectivity index (χ2v) is 7.40. The van der Waals surface area contributed by atoms with Gasteiger partial charge in [-0.25, -0.2) is 0 Å².